The molecule has 0 aliphatic heterocycles. The summed E-state index contributed by atoms with van der Waals surface area (Å²) in [5.41, 5.74) is 0.984. The van der Waals surface area contributed by atoms with Gasteiger partial charge in [-0.3, -0.25) is 9.59 Å². The summed E-state index contributed by atoms with van der Waals surface area (Å²) in [6.45, 7) is -0.206. The maximum atomic E-state index is 11.8. The zero-order valence-electron chi connectivity index (χ0n) is 13.4. The normalized spacial score (nSPS) is 15.1. The van der Waals surface area contributed by atoms with Crippen LogP contribution in [-0.4, -0.2) is 30.3 Å². The molecule has 1 amide bonds. The van der Waals surface area contributed by atoms with E-state index in [0.717, 1.165) is 31.2 Å². The number of halogens is 2. The Morgan fingerprint density at radius 1 is 1.17 bits per heavy atom. The van der Waals surface area contributed by atoms with Crippen LogP contribution in [0, 0.1) is 0 Å². The first-order chi connectivity index (χ1) is 11.5. The molecule has 0 spiro atoms. The number of hydrogen-bond donors (Lipinski definition) is 1. The third kappa shape index (κ3) is 6.91. The molecule has 0 atom stereocenters. The van der Waals surface area contributed by atoms with E-state index in [0.29, 0.717) is 15.8 Å². The second-order valence-electron chi connectivity index (χ2n) is 5.80. The van der Waals surface area contributed by atoms with Crippen molar-refractivity contribution in [2.24, 2.45) is 0 Å². The maximum absolute atomic E-state index is 11.8. The van der Waals surface area contributed by atoms with E-state index in [9.17, 15) is 9.59 Å². The highest BCUT2D eigenvalue weighted by atomic mass is 35.5. The summed E-state index contributed by atoms with van der Waals surface area (Å²) in [6.07, 6.45) is 5.56. The predicted octanol–water partition coefficient (Wildman–Crippen LogP) is 4.22. The Morgan fingerprint density at radius 2 is 1.92 bits per heavy atom. The lowest BCUT2D eigenvalue weighted by atomic mass is 9.95. The average Bonchev–Trinajstić information content (AvgIpc) is 2.57. The van der Waals surface area contributed by atoms with Crippen molar-refractivity contribution in [1.29, 1.82) is 0 Å². The van der Waals surface area contributed by atoms with Gasteiger partial charge >= 0.3 is 5.97 Å². The average molecular weight is 390 g/mol. The van der Waals surface area contributed by atoms with Gasteiger partial charge in [0.2, 0.25) is 0 Å². The molecule has 1 fully saturated rings. The van der Waals surface area contributed by atoms with Gasteiger partial charge in [-0.15, -0.1) is 11.8 Å². The first-order valence-electron chi connectivity index (χ1n) is 8.01. The lowest BCUT2D eigenvalue weighted by molar-refractivity contribution is -0.146. The molecule has 1 aliphatic rings. The topological polar surface area (TPSA) is 55.4 Å². The minimum atomic E-state index is -0.390. The Balaban J connectivity index is 1.60. The first-order valence-corrected chi connectivity index (χ1v) is 9.92. The third-order valence-corrected chi connectivity index (χ3v) is 5.52. The van der Waals surface area contributed by atoms with Gasteiger partial charge in [0.05, 0.1) is 15.8 Å². The fourth-order valence-corrected chi connectivity index (χ4v) is 3.67. The molecule has 1 aliphatic carbocycles. The summed E-state index contributed by atoms with van der Waals surface area (Å²) < 4.78 is 5.01. The standard InChI is InChI=1S/C17H21Cl2NO3S/c18-14-7-6-12(8-15(14)19)10-24-11-17(22)23-9-16(21)20-13-4-2-1-3-5-13/h6-8,13H,1-5,9-11H2,(H,20,21). The number of ether oxygens (including phenoxy) is 1. The fourth-order valence-electron chi connectivity index (χ4n) is 2.59. The lowest BCUT2D eigenvalue weighted by Gasteiger charge is -2.22. The molecular formula is C17H21Cl2NO3S. The van der Waals surface area contributed by atoms with Gasteiger partial charge in [-0.2, -0.15) is 0 Å². The van der Waals surface area contributed by atoms with Crippen molar-refractivity contribution in [3.63, 3.8) is 0 Å². The van der Waals surface area contributed by atoms with Gasteiger partial charge in [-0.1, -0.05) is 48.5 Å². The summed E-state index contributed by atoms with van der Waals surface area (Å²) in [7, 11) is 0. The van der Waals surface area contributed by atoms with Crippen LogP contribution in [0.5, 0.6) is 0 Å². The molecule has 4 nitrogen and oxygen atoms in total. The van der Waals surface area contributed by atoms with Crippen LogP contribution in [-0.2, 0) is 20.1 Å². The molecule has 0 unspecified atom stereocenters. The highest BCUT2D eigenvalue weighted by Gasteiger charge is 2.16. The zero-order valence-corrected chi connectivity index (χ0v) is 15.7. The monoisotopic (exact) mass is 389 g/mol. The Bertz CT molecular complexity index is 577. The number of rotatable bonds is 7. The van der Waals surface area contributed by atoms with Crippen LogP contribution in [0.2, 0.25) is 10.0 Å². The number of thioether (sulfide) groups is 1. The van der Waals surface area contributed by atoms with Gasteiger partial charge < -0.3 is 10.1 Å². The van der Waals surface area contributed by atoms with Crippen molar-refractivity contribution >= 4 is 46.8 Å². The number of benzene rings is 1. The minimum absolute atomic E-state index is 0.191. The van der Waals surface area contributed by atoms with Crippen molar-refractivity contribution in [1.82, 2.24) is 5.32 Å². The molecule has 0 radical (unpaired) electrons. The molecule has 1 saturated carbocycles. The van der Waals surface area contributed by atoms with Crippen molar-refractivity contribution in [2.45, 2.75) is 43.9 Å². The van der Waals surface area contributed by atoms with Crippen LogP contribution in [0.3, 0.4) is 0 Å². The second kappa shape index (κ2) is 10.2. The van der Waals surface area contributed by atoms with Crippen molar-refractivity contribution in [2.75, 3.05) is 12.4 Å². The van der Waals surface area contributed by atoms with Crippen LogP contribution in [0.1, 0.15) is 37.7 Å². The van der Waals surface area contributed by atoms with E-state index in [2.05, 4.69) is 5.32 Å². The zero-order chi connectivity index (χ0) is 17.4. The van der Waals surface area contributed by atoms with Crippen LogP contribution in [0.15, 0.2) is 18.2 Å². The number of esters is 1. The minimum Gasteiger partial charge on any atom is -0.455 e. The molecule has 132 valence electrons. The third-order valence-electron chi connectivity index (χ3n) is 3.81. The van der Waals surface area contributed by atoms with E-state index in [1.807, 2.05) is 6.07 Å². The van der Waals surface area contributed by atoms with Gasteiger partial charge in [0.15, 0.2) is 6.61 Å². The summed E-state index contributed by atoms with van der Waals surface area (Å²) in [6, 6.07) is 5.60. The molecule has 1 aromatic rings. The lowest BCUT2D eigenvalue weighted by Crippen LogP contribution is -2.38. The molecular weight excluding hydrogens is 369 g/mol. The predicted molar refractivity (Wildman–Crippen MR) is 98.6 cm³/mol. The Kier molecular flexibility index (Phi) is 8.22. The smallest absolute Gasteiger partial charge is 0.316 e. The van der Waals surface area contributed by atoms with E-state index in [1.165, 1.54) is 18.2 Å². The van der Waals surface area contributed by atoms with E-state index in [4.69, 9.17) is 27.9 Å². The number of carbonyl (C=O) groups excluding carboxylic acids is 2. The number of carbonyl (C=O) groups is 2. The summed E-state index contributed by atoms with van der Waals surface area (Å²) in [5.74, 6) is 0.209. The molecule has 1 aromatic carbocycles. The molecule has 2 rings (SSSR count). The van der Waals surface area contributed by atoms with Gasteiger partial charge in [0.25, 0.3) is 5.91 Å². The Morgan fingerprint density at radius 3 is 2.62 bits per heavy atom. The molecule has 1 N–H and O–H groups in total. The van der Waals surface area contributed by atoms with Crippen molar-refractivity contribution in [3.05, 3.63) is 33.8 Å². The highest BCUT2D eigenvalue weighted by molar-refractivity contribution is 7.99. The molecule has 24 heavy (non-hydrogen) atoms. The van der Waals surface area contributed by atoms with Crippen molar-refractivity contribution < 1.29 is 14.3 Å². The van der Waals surface area contributed by atoms with Gasteiger partial charge in [-0.05, 0) is 30.5 Å². The Labute approximate surface area is 156 Å². The van der Waals surface area contributed by atoms with Crippen LogP contribution < -0.4 is 5.32 Å². The largest absolute Gasteiger partial charge is 0.455 e. The summed E-state index contributed by atoms with van der Waals surface area (Å²) >= 11 is 13.2. The highest BCUT2D eigenvalue weighted by Crippen LogP contribution is 2.24. The molecule has 0 heterocycles. The Hall–Kier alpha value is -0.910. The number of amides is 1. The van der Waals surface area contributed by atoms with E-state index in [1.54, 1.807) is 12.1 Å². The van der Waals surface area contributed by atoms with Gasteiger partial charge in [0.1, 0.15) is 0 Å². The van der Waals surface area contributed by atoms with Crippen LogP contribution in [0.4, 0.5) is 0 Å². The first kappa shape index (κ1) is 19.4. The van der Waals surface area contributed by atoms with Crippen LogP contribution >= 0.6 is 35.0 Å². The molecule has 7 heteroatoms. The van der Waals surface area contributed by atoms with Crippen LogP contribution in [0.25, 0.3) is 0 Å². The number of nitrogens with one attached hydrogen (secondary N) is 1. The second-order valence-corrected chi connectivity index (χ2v) is 7.60. The number of hydrogen-bond acceptors (Lipinski definition) is 4. The van der Waals surface area contributed by atoms with E-state index < -0.39 is 0 Å². The van der Waals surface area contributed by atoms with E-state index >= 15 is 0 Å². The molecule has 0 aromatic heterocycles. The fraction of sp³-hybridized carbons (Fsp3) is 0.529. The van der Waals surface area contributed by atoms with Crippen molar-refractivity contribution in [3.8, 4) is 0 Å². The maximum Gasteiger partial charge on any atom is 0.316 e. The van der Waals surface area contributed by atoms with Gasteiger partial charge in [-0.25, -0.2) is 0 Å². The van der Waals surface area contributed by atoms with E-state index in [-0.39, 0.29) is 30.3 Å². The quantitative estimate of drug-likeness (QED) is 0.709. The molecule has 0 bridgehead atoms. The molecule has 0 saturated heterocycles. The summed E-state index contributed by atoms with van der Waals surface area (Å²) in [4.78, 5) is 23.4. The van der Waals surface area contributed by atoms with Gasteiger partial charge in [0, 0.05) is 11.8 Å². The summed E-state index contributed by atoms with van der Waals surface area (Å²) in [5, 5.41) is 3.92. The SMILES string of the molecule is O=C(COC(=O)CSCc1ccc(Cl)c(Cl)c1)NC1CCCCC1.